The number of fused-ring (bicyclic) bond motifs is 6. The van der Waals surface area contributed by atoms with Crippen molar-refractivity contribution in [2.24, 2.45) is 51.8 Å². The first-order chi connectivity index (χ1) is 18.8. The van der Waals surface area contributed by atoms with Gasteiger partial charge in [-0.2, -0.15) is 0 Å². The van der Waals surface area contributed by atoms with Gasteiger partial charge in [0.2, 0.25) is 5.91 Å². The first-order valence-corrected chi connectivity index (χ1v) is 16.1. The second kappa shape index (κ2) is 8.49. The lowest BCUT2D eigenvalue weighted by Crippen LogP contribution is -2.47. The maximum Gasteiger partial charge on any atom is 0.312 e. The number of benzene rings is 1. The Morgan fingerprint density at radius 1 is 0.949 bits per heavy atom. The number of carbonyl (C=O) groups excluding carboxylic acids is 2. The molecule has 9 atom stereocenters. The highest BCUT2D eigenvalue weighted by Crippen LogP contribution is 2.78. The molecule has 8 rings (SSSR count). The number of amides is 1. The number of hydrogen-bond acceptors (Lipinski definition) is 4. The van der Waals surface area contributed by atoms with Crippen molar-refractivity contribution in [2.45, 2.75) is 96.4 Å². The third-order valence-electron chi connectivity index (χ3n) is 13.7. The number of anilines is 1. The lowest BCUT2D eigenvalue weighted by molar-refractivity contribution is -0.156. The maximum absolute atomic E-state index is 14.0. The average Bonchev–Trinajstić information content (AvgIpc) is 3.22. The van der Waals surface area contributed by atoms with Crippen LogP contribution in [0.3, 0.4) is 0 Å². The number of carbonyl (C=O) groups is 2. The van der Waals surface area contributed by atoms with Crippen LogP contribution in [0.25, 0.3) is 0 Å². The van der Waals surface area contributed by atoms with E-state index in [1.807, 2.05) is 6.07 Å². The third kappa shape index (κ3) is 3.49. The van der Waals surface area contributed by atoms with Gasteiger partial charge in [-0.1, -0.05) is 18.9 Å². The summed E-state index contributed by atoms with van der Waals surface area (Å²) in [6.45, 7) is 1.57. The Kier molecular flexibility index (Phi) is 5.38. The molecule has 1 aromatic rings. The van der Waals surface area contributed by atoms with Gasteiger partial charge in [-0.3, -0.25) is 9.59 Å². The second-order valence-electron chi connectivity index (χ2n) is 15.4. The van der Waals surface area contributed by atoms with E-state index in [9.17, 15) is 9.59 Å². The molecule has 0 radical (unpaired) electrons. The van der Waals surface area contributed by atoms with E-state index in [0.717, 1.165) is 62.7 Å². The quantitative estimate of drug-likeness (QED) is 0.377. The van der Waals surface area contributed by atoms with E-state index in [2.05, 4.69) is 17.0 Å². The Labute approximate surface area is 233 Å². The van der Waals surface area contributed by atoms with E-state index in [4.69, 9.17) is 10.5 Å². The summed E-state index contributed by atoms with van der Waals surface area (Å²) in [5.41, 5.74) is 9.97. The molecular weight excluding hydrogens is 484 g/mol. The summed E-state index contributed by atoms with van der Waals surface area (Å²) in [4.78, 5) is 29.5. The SMILES string of the molecule is COC(=O)C12CCCC3CC1CC(C14CC5CC(C(=O)N6CCc7ccc(N)cc7C6)CC(C1)C(C5)C4)(C3)C2. The van der Waals surface area contributed by atoms with E-state index < -0.39 is 0 Å². The molecule has 6 saturated carbocycles. The van der Waals surface area contributed by atoms with Gasteiger partial charge in [0.05, 0.1) is 12.5 Å². The zero-order valence-electron chi connectivity index (χ0n) is 23.8. The molecule has 0 aromatic heterocycles. The molecule has 1 amide bonds. The predicted molar refractivity (Wildman–Crippen MR) is 150 cm³/mol. The molecule has 1 aromatic carbocycles. The normalized spacial score (nSPS) is 45.5. The monoisotopic (exact) mass is 530 g/mol. The Balaban J connectivity index is 1.05. The minimum atomic E-state index is -0.216. The van der Waals surface area contributed by atoms with Gasteiger partial charge >= 0.3 is 5.97 Å². The van der Waals surface area contributed by atoms with Crippen molar-refractivity contribution in [3.8, 4) is 0 Å². The first-order valence-electron chi connectivity index (χ1n) is 16.1. The highest BCUT2D eigenvalue weighted by Gasteiger charge is 2.71. The fourth-order valence-electron chi connectivity index (χ4n) is 12.5. The predicted octanol–water partition coefficient (Wildman–Crippen LogP) is 6.14. The molecule has 7 aliphatic rings. The number of esters is 1. The van der Waals surface area contributed by atoms with Crippen molar-refractivity contribution in [3.63, 3.8) is 0 Å². The van der Waals surface area contributed by atoms with Crippen LogP contribution in [0.2, 0.25) is 0 Å². The van der Waals surface area contributed by atoms with Gasteiger partial charge in [0.1, 0.15) is 0 Å². The Hall–Kier alpha value is -2.04. The van der Waals surface area contributed by atoms with Crippen molar-refractivity contribution in [3.05, 3.63) is 29.3 Å². The van der Waals surface area contributed by atoms with Gasteiger partial charge in [-0.05, 0) is 141 Å². The second-order valence-corrected chi connectivity index (χ2v) is 15.4. The van der Waals surface area contributed by atoms with Gasteiger partial charge in [-0.15, -0.1) is 0 Å². The minimum Gasteiger partial charge on any atom is -0.469 e. The summed E-state index contributed by atoms with van der Waals surface area (Å²) in [7, 11) is 1.62. The summed E-state index contributed by atoms with van der Waals surface area (Å²) in [5, 5.41) is 0. The number of hydrogen-bond donors (Lipinski definition) is 1. The van der Waals surface area contributed by atoms with Crippen LogP contribution in [0.5, 0.6) is 0 Å². The van der Waals surface area contributed by atoms with Gasteiger partial charge < -0.3 is 15.4 Å². The summed E-state index contributed by atoms with van der Waals surface area (Å²) in [6, 6.07) is 6.21. The summed E-state index contributed by atoms with van der Waals surface area (Å²) >= 11 is 0. The van der Waals surface area contributed by atoms with Crippen LogP contribution in [-0.4, -0.2) is 30.4 Å². The van der Waals surface area contributed by atoms with Crippen molar-refractivity contribution in [1.82, 2.24) is 4.90 Å². The van der Waals surface area contributed by atoms with E-state index in [1.54, 1.807) is 7.11 Å². The lowest BCUT2D eigenvalue weighted by atomic mass is 9.50. The molecule has 2 N–H and O–H groups in total. The van der Waals surface area contributed by atoms with E-state index in [1.165, 1.54) is 68.9 Å². The average molecular weight is 531 g/mol. The fraction of sp³-hybridized carbons (Fsp3) is 0.765. The molecule has 1 heterocycles. The molecule has 0 spiro atoms. The molecule has 6 fully saturated rings. The van der Waals surface area contributed by atoms with Gasteiger partial charge in [0.15, 0.2) is 0 Å². The van der Waals surface area contributed by atoms with Crippen LogP contribution in [0.1, 0.15) is 94.6 Å². The van der Waals surface area contributed by atoms with Crippen LogP contribution in [-0.2, 0) is 27.3 Å². The largest absolute Gasteiger partial charge is 0.469 e. The summed E-state index contributed by atoms with van der Waals surface area (Å²) in [6.07, 6.45) is 17.0. The molecule has 9 unspecified atom stereocenters. The minimum absolute atomic E-state index is 0.106. The Morgan fingerprint density at radius 2 is 1.77 bits per heavy atom. The smallest absolute Gasteiger partial charge is 0.312 e. The van der Waals surface area contributed by atoms with Gasteiger partial charge in [0, 0.05) is 24.7 Å². The van der Waals surface area contributed by atoms with Crippen LogP contribution < -0.4 is 5.73 Å². The van der Waals surface area contributed by atoms with E-state index in [-0.39, 0.29) is 17.3 Å². The van der Waals surface area contributed by atoms with Crippen molar-refractivity contribution < 1.29 is 14.3 Å². The van der Waals surface area contributed by atoms with Crippen LogP contribution in [0.15, 0.2) is 18.2 Å². The molecule has 5 heteroatoms. The Morgan fingerprint density at radius 3 is 2.62 bits per heavy atom. The fourth-order valence-corrected chi connectivity index (χ4v) is 12.5. The van der Waals surface area contributed by atoms with Crippen molar-refractivity contribution in [2.75, 3.05) is 19.4 Å². The summed E-state index contributed by atoms with van der Waals surface area (Å²) < 4.78 is 5.54. The highest BCUT2D eigenvalue weighted by molar-refractivity contribution is 5.79. The van der Waals surface area contributed by atoms with E-state index in [0.29, 0.717) is 34.5 Å². The lowest BCUT2D eigenvalue weighted by Gasteiger charge is -2.55. The highest BCUT2D eigenvalue weighted by atomic mass is 16.5. The topological polar surface area (TPSA) is 72.6 Å². The number of nitrogens with two attached hydrogens (primary N) is 1. The molecule has 1 aliphatic heterocycles. The van der Waals surface area contributed by atoms with E-state index >= 15 is 0 Å². The molecule has 0 saturated heterocycles. The Bertz CT molecular complexity index is 1210. The number of nitrogen functional groups attached to an aromatic ring is 1. The van der Waals surface area contributed by atoms with Crippen molar-refractivity contribution >= 4 is 17.6 Å². The van der Waals surface area contributed by atoms with Crippen LogP contribution in [0, 0.1) is 51.8 Å². The number of rotatable bonds is 3. The number of ether oxygens (including phenoxy) is 1. The first kappa shape index (κ1) is 24.7. The molecular formula is C34H46N2O3. The third-order valence-corrected chi connectivity index (χ3v) is 13.7. The van der Waals surface area contributed by atoms with Gasteiger partial charge in [-0.25, -0.2) is 0 Å². The zero-order valence-corrected chi connectivity index (χ0v) is 23.8. The van der Waals surface area contributed by atoms with Crippen molar-refractivity contribution in [1.29, 1.82) is 0 Å². The molecule has 210 valence electrons. The maximum atomic E-state index is 14.0. The summed E-state index contributed by atoms with van der Waals surface area (Å²) in [5.74, 6) is 4.17. The molecule has 39 heavy (non-hydrogen) atoms. The molecule has 5 nitrogen and oxygen atoms in total. The van der Waals surface area contributed by atoms with Crippen LogP contribution >= 0.6 is 0 Å². The number of methoxy groups -OCH3 is 1. The van der Waals surface area contributed by atoms with Crippen LogP contribution in [0.4, 0.5) is 5.69 Å². The zero-order chi connectivity index (χ0) is 26.6. The van der Waals surface area contributed by atoms with Gasteiger partial charge in [0.25, 0.3) is 0 Å². The molecule has 6 bridgehead atoms. The number of nitrogens with zero attached hydrogens (tertiary/aromatic N) is 1. The standard InChI is InChI=1S/C34H46N2O3/c1-39-31(38)34-7-2-3-21-11-28(34)18-33(14-21,20-34)32-15-22-9-24(12-26(17-32)25(10-22)16-32)30(37)36-8-6-23-4-5-29(35)13-27(23)19-36/h4-5,13,21-22,24-26,28H,2-3,6-12,14-20,35H2,1H3. The molecule has 6 aliphatic carbocycles.